The smallest absolute Gasteiger partial charge is 0.245 e. The fourth-order valence-electron chi connectivity index (χ4n) is 3.14. The molecule has 0 radical (unpaired) electrons. The fraction of sp³-hybridized carbons (Fsp3) is 0.556. The molecule has 0 aromatic heterocycles. The van der Waals surface area contributed by atoms with Gasteiger partial charge < -0.3 is 24.4 Å². The van der Waals surface area contributed by atoms with E-state index in [9.17, 15) is 9.59 Å². The highest BCUT2D eigenvalue weighted by Gasteiger charge is 2.30. The van der Waals surface area contributed by atoms with E-state index < -0.39 is 6.04 Å². The summed E-state index contributed by atoms with van der Waals surface area (Å²) in [4.78, 5) is 26.3. The third kappa shape index (κ3) is 4.22. The Kier molecular flexibility index (Phi) is 5.43. The number of rotatable bonds is 5. The molecule has 2 aliphatic heterocycles. The van der Waals surface area contributed by atoms with Crippen LogP contribution in [0.1, 0.15) is 25.8 Å². The summed E-state index contributed by atoms with van der Waals surface area (Å²) < 4.78 is 16.3. The first-order valence-corrected chi connectivity index (χ1v) is 8.63. The molecule has 2 amide bonds. The number of carbonyl (C=O) groups excluding carboxylic acids is 2. The zero-order valence-corrected chi connectivity index (χ0v) is 14.6. The van der Waals surface area contributed by atoms with Gasteiger partial charge in [0.05, 0.1) is 12.7 Å². The first-order chi connectivity index (χ1) is 12.1. The lowest BCUT2D eigenvalue weighted by Gasteiger charge is -2.35. The summed E-state index contributed by atoms with van der Waals surface area (Å²) in [6, 6.07) is 4.98. The third-order valence-electron chi connectivity index (χ3n) is 4.46. The fourth-order valence-corrected chi connectivity index (χ4v) is 3.14. The second-order valence-corrected chi connectivity index (χ2v) is 6.33. The van der Waals surface area contributed by atoms with Gasteiger partial charge in [-0.2, -0.15) is 0 Å². The number of hydrogen-bond donors (Lipinski definition) is 1. The van der Waals surface area contributed by atoms with E-state index in [0.29, 0.717) is 37.6 Å². The predicted molar refractivity (Wildman–Crippen MR) is 90.5 cm³/mol. The molecule has 0 bridgehead atoms. The summed E-state index contributed by atoms with van der Waals surface area (Å²) in [7, 11) is 0. The van der Waals surface area contributed by atoms with Gasteiger partial charge in [-0.05, 0) is 24.1 Å². The van der Waals surface area contributed by atoms with Crippen molar-refractivity contribution in [1.82, 2.24) is 10.2 Å². The number of nitrogens with zero attached hydrogens (tertiary/aromatic N) is 1. The van der Waals surface area contributed by atoms with E-state index >= 15 is 0 Å². The second kappa shape index (κ2) is 7.74. The highest BCUT2D eigenvalue weighted by atomic mass is 16.7. The Bertz CT molecular complexity index is 648. The molecule has 1 saturated heterocycles. The van der Waals surface area contributed by atoms with Crippen molar-refractivity contribution in [2.24, 2.45) is 0 Å². The number of carbonyl (C=O) groups is 2. The number of benzene rings is 1. The molecule has 1 aromatic carbocycles. The lowest BCUT2D eigenvalue weighted by Crippen LogP contribution is -2.54. The zero-order valence-electron chi connectivity index (χ0n) is 14.6. The average Bonchev–Trinajstić information content (AvgIpc) is 3.08. The number of nitrogens with one attached hydrogen (secondary N) is 1. The van der Waals surface area contributed by atoms with Crippen LogP contribution in [-0.4, -0.2) is 55.3 Å². The molecule has 0 aliphatic carbocycles. The molecule has 1 aromatic rings. The molecule has 2 aliphatic rings. The quantitative estimate of drug-likeness (QED) is 0.862. The molecule has 1 fully saturated rings. The zero-order chi connectivity index (χ0) is 17.8. The van der Waals surface area contributed by atoms with Crippen LogP contribution in [0, 0.1) is 0 Å². The van der Waals surface area contributed by atoms with Gasteiger partial charge in [0, 0.05) is 26.4 Å². The third-order valence-corrected chi connectivity index (χ3v) is 4.46. The van der Waals surface area contributed by atoms with Crippen LogP contribution in [0.3, 0.4) is 0 Å². The van der Waals surface area contributed by atoms with Gasteiger partial charge in [0.2, 0.25) is 18.6 Å². The Morgan fingerprint density at radius 2 is 2.12 bits per heavy atom. The molecular formula is C18H24N2O5. The van der Waals surface area contributed by atoms with Gasteiger partial charge in [-0.25, -0.2) is 0 Å². The Balaban J connectivity index is 1.72. The van der Waals surface area contributed by atoms with Crippen LogP contribution >= 0.6 is 0 Å². The van der Waals surface area contributed by atoms with Crippen LogP contribution in [0.4, 0.5) is 0 Å². The summed E-state index contributed by atoms with van der Waals surface area (Å²) in [5.74, 6) is 1.07. The molecule has 25 heavy (non-hydrogen) atoms. The van der Waals surface area contributed by atoms with Crippen molar-refractivity contribution in [3.05, 3.63) is 23.8 Å². The summed E-state index contributed by atoms with van der Waals surface area (Å²) >= 11 is 0. The van der Waals surface area contributed by atoms with Crippen LogP contribution in [0.5, 0.6) is 11.5 Å². The normalized spacial score (nSPS) is 20.2. The van der Waals surface area contributed by atoms with Gasteiger partial charge >= 0.3 is 0 Å². The maximum Gasteiger partial charge on any atom is 0.245 e. The van der Waals surface area contributed by atoms with Crippen LogP contribution in [0.2, 0.25) is 0 Å². The molecule has 7 nitrogen and oxygen atoms in total. The second-order valence-electron chi connectivity index (χ2n) is 6.33. The maximum absolute atomic E-state index is 12.9. The van der Waals surface area contributed by atoms with E-state index in [0.717, 1.165) is 12.0 Å². The van der Waals surface area contributed by atoms with E-state index in [4.69, 9.17) is 14.2 Å². The largest absolute Gasteiger partial charge is 0.454 e. The molecule has 2 heterocycles. The summed E-state index contributed by atoms with van der Waals surface area (Å²) in [6.45, 7) is 5.31. The molecule has 2 atom stereocenters. The average molecular weight is 348 g/mol. The summed E-state index contributed by atoms with van der Waals surface area (Å²) in [6.07, 6.45) is 1.32. The van der Waals surface area contributed by atoms with Crippen molar-refractivity contribution in [3.8, 4) is 11.5 Å². The van der Waals surface area contributed by atoms with Crippen molar-refractivity contribution in [3.63, 3.8) is 0 Å². The van der Waals surface area contributed by atoms with Gasteiger partial charge in [0.25, 0.3) is 0 Å². The Labute approximate surface area is 147 Å². The van der Waals surface area contributed by atoms with Crippen molar-refractivity contribution >= 4 is 11.8 Å². The number of amides is 2. The lowest BCUT2D eigenvalue weighted by molar-refractivity contribution is -0.142. The summed E-state index contributed by atoms with van der Waals surface area (Å²) in [5, 5.41) is 2.78. The van der Waals surface area contributed by atoms with Gasteiger partial charge in [0.15, 0.2) is 11.5 Å². The topological polar surface area (TPSA) is 77.1 Å². The monoisotopic (exact) mass is 348 g/mol. The van der Waals surface area contributed by atoms with Gasteiger partial charge in [0.1, 0.15) is 6.04 Å². The van der Waals surface area contributed by atoms with E-state index in [2.05, 4.69) is 5.32 Å². The van der Waals surface area contributed by atoms with Gasteiger partial charge in [-0.3, -0.25) is 9.59 Å². The van der Waals surface area contributed by atoms with Crippen molar-refractivity contribution in [2.45, 2.75) is 38.8 Å². The number of morpholine rings is 1. The minimum absolute atomic E-state index is 0.0567. The lowest BCUT2D eigenvalue weighted by atomic mass is 10.0. The van der Waals surface area contributed by atoms with Crippen molar-refractivity contribution in [1.29, 1.82) is 0 Å². The SMILES string of the molecule is CC[C@@H]1CN(C(=O)[C@H](Cc2ccc3c(c2)OCO3)NC(C)=O)CCO1. The molecule has 136 valence electrons. The number of fused-ring (bicyclic) bond motifs is 1. The van der Waals surface area contributed by atoms with Crippen molar-refractivity contribution < 1.29 is 23.8 Å². The standard InChI is InChI=1S/C18H24N2O5/c1-3-14-10-20(6-7-23-14)18(22)15(19-12(2)21)8-13-4-5-16-17(9-13)25-11-24-16/h4-5,9,14-15H,3,6-8,10-11H2,1-2H3,(H,19,21)/t14-,15+/m1/s1. The molecule has 7 heteroatoms. The molecule has 3 rings (SSSR count). The van der Waals surface area contributed by atoms with Crippen LogP contribution < -0.4 is 14.8 Å². The summed E-state index contributed by atoms with van der Waals surface area (Å²) in [5.41, 5.74) is 0.914. The molecule has 1 N–H and O–H groups in total. The van der Waals surface area contributed by atoms with E-state index in [1.165, 1.54) is 6.92 Å². The Morgan fingerprint density at radius 3 is 2.88 bits per heavy atom. The highest BCUT2D eigenvalue weighted by molar-refractivity contribution is 5.87. The number of hydrogen-bond acceptors (Lipinski definition) is 5. The molecular weight excluding hydrogens is 324 g/mol. The first-order valence-electron chi connectivity index (χ1n) is 8.63. The van der Waals surface area contributed by atoms with E-state index in [1.54, 1.807) is 4.90 Å². The van der Waals surface area contributed by atoms with E-state index in [-0.39, 0.29) is 24.7 Å². The minimum atomic E-state index is -0.603. The Hall–Kier alpha value is -2.28. The number of ether oxygens (including phenoxy) is 3. The minimum Gasteiger partial charge on any atom is -0.454 e. The predicted octanol–water partition coefficient (Wildman–Crippen LogP) is 1.10. The highest BCUT2D eigenvalue weighted by Crippen LogP contribution is 2.32. The van der Waals surface area contributed by atoms with Crippen LogP contribution in [-0.2, 0) is 20.7 Å². The Morgan fingerprint density at radius 1 is 1.32 bits per heavy atom. The maximum atomic E-state index is 12.9. The molecule has 0 saturated carbocycles. The first kappa shape index (κ1) is 17.5. The van der Waals surface area contributed by atoms with Crippen molar-refractivity contribution in [2.75, 3.05) is 26.5 Å². The molecule has 0 spiro atoms. The van der Waals surface area contributed by atoms with Crippen LogP contribution in [0.15, 0.2) is 18.2 Å². The molecule has 0 unspecified atom stereocenters. The van der Waals surface area contributed by atoms with Crippen LogP contribution in [0.25, 0.3) is 0 Å². The van der Waals surface area contributed by atoms with Gasteiger partial charge in [-0.1, -0.05) is 13.0 Å². The van der Waals surface area contributed by atoms with E-state index in [1.807, 2.05) is 25.1 Å². The van der Waals surface area contributed by atoms with Gasteiger partial charge in [-0.15, -0.1) is 0 Å².